The molecular formula is C14H12N4O2. The molecule has 0 aliphatic carbocycles. The monoisotopic (exact) mass is 268 g/mol. The van der Waals surface area contributed by atoms with Crippen molar-refractivity contribution in [1.29, 1.82) is 0 Å². The third-order valence-corrected chi connectivity index (χ3v) is 2.71. The molecule has 20 heavy (non-hydrogen) atoms. The zero-order valence-corrected chi connectivity index (χ0v) is 10.8. The first-order valence-corrected chi connectivity index (χ1v) is 6.08. The number of aromatic nitrogens is 3. The van der Waals surface area contributed by atoms with Crippen LogP contribution in [0.2, 0.25) is 0 Å². The van der Waals surface area contributed by atoms with E-state index in [1.807, 2.05) is 30.3 Å². The van der Waals surface area contributed by atoms with Gasteiger partial charge in [-0.3, -0.25) is 4.79 Å². The lowest BCUT2D eigenvalue weighted by molar-refractivity contribution is 0.102. The van der Waals surface area contributed by atoms with Crippen molar-refractivity contribution in [2.75, 3.05) is 5.32 Å². The first-order valence-electron chi connectivity index (χ1n) is 6.08. The molecule has 0 spiro atoms. The summed E-state index contributed by atoms with van der Waals surface area (Å²) < 4.78 is 6.53. The van der Waals surface area contributed by atoms with Crippen molar-refractivity contribution in [2.45, 2.75) is 6.92 Å². The first-order chi connectivity index (χ1) is 9.72. The van der Waals surface area contributed by atoms with Crippen LogP contribution in [0.5, 0.6) is 0 Å². The maximum Gasteiger partial charge on any atom is 0.277 e. The predicted octanol–water partition coefficient (Wildman–Crippen LogP) is 2.42. The van der Waals surface area contributed by atoms with Crippen LogP contribution in [0.25, 0.3) is 5.69 Å². The molecule has 0 saturated carbocycles. The molecule has 0 saturated heterocycles. The van der Waals surface area contributed by atoms with Crippen molar-refractivity contribution in [2.24, 2.45) is 0 Å². The number of carbonyl (C=O) groups excluding carboxylic acids is 1. The second-order valence-electron chi connectivity index (χ2n) is 4.26. The molecule has 0 unspecified atom stereocenters. The van der Waals surface area contributed by atoms with Crippen LogP contribution in [0.3, 0.4) is 0 Å². The lowest BCUT2D eigenvalue weighted by Gasteiger charge is -2.00. The summed E-state index contributed by atoms with van der Waals surface area (Å²) in [5, 5.41) is 10.6. The number of amides is 1. The average Bonchev–Trinajstić information content (AvgIpc) is 3.09. The van der Waals surface area contributed by atoms with Crippen LogP contribution in [-0.2, 0) is 0 Å². The molecule has 2 aromatic heterocycles. The summed E-state index contributed by atoms with van der Waals surface area (Å²) in [5.74, 6) is 0.685. The van der Waals surface area contributed by atoms with E-state index in [0.717, 1.165) is 5.69 Å². The molecule has 0 aliphatic rings. The van der Waals surface area contributed by atoms with Crippen molar-refractivity contribution in [3.63, 3.8) is 0 Å². The molecule has 3 aromatic rings. The van der Waals surface area contributed by atoms with Gasteiger partial charge in [0.25, 0.3) is 5.91 Å². The van der Waals surface area contributed by atoms with Crippen LogP contribution < -0.4 is 5.32 Å². The molecule has 6 nitrogen and oxygen atoms in total. The molecule has 6 heteroatoms. The average molecular weight is 268 g/mol. The highest BCUT2D eigenvalue weighted by Crippen LogP contribution is 2.10. The second-order valence-corrected chi connectivity index (χ2v) is 4.26. The van der Waals surface area contributed by atoms with E-state index in [1.165, 1.54) is 0 Å². The Morgan fingerprint density at radius 3 is 2.75 bits per heavy atom. The van der Waals surface area contributed by atoms with Gasteiger partial charge in [0, 0.05) is 12.3 Å². The standard InChI is InChI=1S/C14H12N4O2/c1-10-9-13(17-20-10)15-14(19)12-7-8-18(16-12)11-5-3-2-4-6-11/h2-9H,1H3,(H,15,17,19). The Morgan fingerprint density at radius 1 is 1.25 bits per heavy atom. The van der Waals surface area contributed by atoms with Gasteiger partial charge in [0.05, 0.1) is 5.69 Å². The van der Waals surface area contributed by atoms with E-state index in [2.05, 4.69) is 15.6 Å². The van der Waals surface area contributed by atoms with Gasteiger partial charge in [0.2, 0.25) is 0 Å². The molecule has 0 aliphatic heterocycles. The Balaban J connectivity index is 1.78. The van der Waals surface area contributed by atoms with Gasteiger partial charge in [-0.2, -0.15) is 5.10 Å². The zero-order chi connectivity index (χ0) is 13.9. The number of carbonyl (C=O) groups is 1. The minimum Gasteiger partial charge on any atom is -0.360 e. The third-order valence-electron chi connectivity index (χ3n) is 2.71. The number of nitrogens with one attached hydrogen (secondary N) is 1. The summed E-state index contributed by atoms with van der Waals surface area (Å²) in [5.41, 5.74) is 1.21. The summed E-state index contributed by atoms with van der Waals surface area (Å²) >= 11 is 0. The van der Waals surface area contributed by atoms with E-state index >= 15 is 0 Å². The number of hydrogen-bond donors (Lipinski definition) is 1. The summed E-state index contributed by atoms with van der Waals surface area (Å²) in [6.07, 6.45) is 1.73. The van der Waals surface area contributed by atoms with Gasteiger partial charge in [-0.15, -0.1) is 0 Å². The molecule has 3 rings (SSSR count). The van der Waals surface area contributed by atoms with E-state index in [9.17, 15) is 4.79 Å². The summed E-state index contributed by atoms with van der Waals surface area (Å²) in [7, 11) is 0. The number of nitrogens with zero attached hydrogens (tertiary/aromatic N) is 3. The first kappa shape index (κ1) is 12.2. The highest BCUT2D eigenvalue weighted by Gasteiger charge is 2.12. The van der Waals surface area contributed by atoms with Crippen molar-refractivity contribution >= 4 is 11.7 Å². The van der Waals surface area contributed by atoms with E-state index in [-0.39, 0.29) is 5.91 Å². The lowest BCUT2D eigenvalue weighted by atomic mass is 10.3. The lowest BCUT2D eigenvalue weighted by Crippen LogP contribution is -2.13. The summed E-state index contributed by atoms with van der Waals surface area (Å²) in [6, 6.07) is 12.9. The van der Waals surface area contributed by atoms with Crippen molar-refractivity contribution < 1.29 is 9.32 Å². The highest BCUT2D eigenvalue weighted by atomic mass is 16.5. The quantitative estimate of drug-likeness (QED) is 0.791. The topological polar surface area (TPSA) is 73.0 Å². The molecular weight excluding hydrogens is 256 g/mol. The molecule has 100 valence electrons. The van der Waals surface area contributed by atoms with Gasteiger partial charge in [0.1, 0.15) is 5.76 Å². The Bertz CT molecular complexity index is 730. The fraction of sp³-hybridized carbons (Fsp3) is 0.0714. The fourth-order valence-electron chi connectivity index (χ4n) is 1.78. The van der Waals surface area contributed by atoms with Gasteiger partial charge >= 0.3 is 0 Å². The maximum absolute atomic E-state index is 12.0. The SMILES string of the molecule is Cc1cc(NC(=O)c2ccn(-c3ccccc3)n2)no1. The van der Waals surface area contributed by atoms with E-state index in [4.69, 9.17) is 4.52 Å². The van der Waals surface area contributed by atoms with Gasteiger partial charge < -0.3 is 9.84 Å². The predicted molar refractivity (Wildman–Crippen MR) is 72.8 cm³/mol. The Labute approximate surface area is 115 Å². The van der Waals surface area contributed by atoms with Gasteiger partial charge in [-0.25, -0.2) is 4.68 Å². The zero-order valence-electron chi connectivity index (χ0n) is 10.8. The molecule has 1 N–H and O–H groups in total. The van der Waals surface area contributed by atoms with Crippen molar-refractivity contribution in [3.05, 3.63) is 60.1 Å². The Morgan fingerprint density at radius 2 is 2.05 bits per heavy atom. The van der Waals surface area contributed by atoms with Crippen LogP contribution in [0.1, 0.15) is 16.2 Å². The number of hydrogen-bond acceptors (Lipinski definition) is 4. The molecule has 1 amide bonds. The number of para-hydroxylation sites is 1. The minimum absolute atomic E-state index is 0.314. The molecule has 0 bridgehead atoms. The van der Waals surface area contributed by atoms with Crippen LogP contribution in [0, 0.1) is 6.92 Å². The largest absolute Gasteiger partial charge is 0.360 e. The third kappa shape index (κ3) is 2.44. The van der Waals surface area contributed by atoms with E-state index in [0.29, 0.717) is 17.3 Å². The smallest absolute Gasteiger partial charge is 0.277 e. The number of benzene rings is 1. The van der Waals surface area contributed by atoms with Gasteiger partial charge in [-0.05, 0) is 25.1 Å². The van der Waals surface area contributed by atoms with Crippen LogP contribution >= 0.6 is 0 Å². The second kappa shape index (κ2) is 5.00. The fourth-order valence-corrected chi connectivity index (χ4v) is 1.78. The Hall–Kier alpha value is -2.89. The van der Waals surface area contributed by atoms with Crippen LogP contribution in [0.4, 0.5) is 5.82 Å². The van der Waals surface area contributed by atoms with E-state index in [1.54, 1.807) is 29.9 Å². The van der Waals surface area contributed by atoms with Gasteiger partial charge in [0.15, 0.2) is 11.5 Å². The Kier molecular flexibility index (Phi) is 3.04. The highest BCUT2D eigenvalue weighted by molar-refractivity contribution is 6.02. The van der Waals surface area contributed by atoms with Crippen molar-refractivity contribution in [3.8, 4) is 5.69 Å². The molecule has 0 radical (unpaired) electrons. The van der Waals surface area contributed by atoms with E-state index < -0.39 is 0 Å². The maximum atomic E-state index is 12.0. The molecule has 0 fully saturated rings. The molecule has 2 heterocycles. The summed E-state index contributed by atoms with van der Waals surface area (Å²) in [4.78, 5) is 12.0. The molecule has 0 atom stereocenters. The molecule has 1 aromatic carbocycles. The number of aryl methyl sites for hydroxylation is 1. The van der Waals surface area contributed by atoms with Crippen LogP contribution in [-0.4, -0.2) is 20.8 Å². The summed E-state index contributed by atoms with van der Waals surface area (Å²) in [6.45, 7) is 1.76. The number of rotatable bonds is 3. The normalized spacial score (nSPS) is 10.4. The van der Waals surface area contributed by atoms with Crippen molar-refractivity contribution in [1.82, 2.24) is 14.9 Å². The number of anilines is 1. The van der Waals surface area contributed by atoms with Crippen LogP contribution in [0.15, 0.2) is 53.2 Å². The van der Waals surface area contributed by atoms with Gasteiger partial charge in [-0.1, -0.05) is 23.4 Å². The minimum atomic E-state index is -0.326.